The van der Waals surface area contributed by atoms with Gasteiger partial charge in [0.25, 0.3) is 0 Å². The van der Waals surface area contributed by atoms with Crippen molar-refractivity contribution in [2.45, 2.75) is 38.6 Å². The summed E-state index contributed by atoms with van der Waals surface area (Å²) in [5, 5.41) is 8.60. The van der Waals surface area contributed by atoms with Crippen molar-refractivity contribution in [2.24, 2.45) is 0 Å². The number of piperidine rings is 1. The number of benzene rings is 1. The van der Waals surface area contributed by atoms with E-state index >= 15 is 0 Å². The molecule has 0 amide bonds. The smallest absolute Gasteiger partial charge is 0.328 e. The van der Waals surface area contributed by atoms with Gasteiger partial charge in [-0.1, -0.05) is 19.1 Å². The molecule has 1 unspecified atom stereocenters. The van der Waals surface area contributed by atoms with Crippen LogP contribution in [0.15, 0.2) is 30.3 Å². The molecule has 1 aliphatic heterocycles. The number of rotatable bonds is 4. The van der Waals surface area contributed by atoms with Gasteiger partial charge < -0.3 is 10.0 Å². The molecule has 19 heavy (non-hydrogen) atoms. The zero-order chi connectivity index (χ0) is 13.7. The number of carboxylic acid groups (broad SMARTS) is 1. The van der Waals surface area contributed by atoms with Crippen molar-refractivity contribution in [3.05, 3.63) is 35.9 Å². The average Bonchev–Trinajstić information content (AvgIpc) is 2.45. The maximum atomic E-state index is 10.5. The van der Waals surface area contributed by atoms with Crippen LogP contribution in [0.3, 0.4) is 0 Å². The molecule has 1 aliphatic rings. The normalized spacial score (nSPS) is 19.8. The van der Waals surface area contributed by atoms with Crippen LogP contribution in [0.4, 0.5) is 5.69 Å². The summed E-state index contributed by atoms with van der Waals surface area (Å²) in [5.74, 6) is -0.911. The van der Waals surface area contributed by atoms with Gasteiger partial charge >= 0.3 is 5.97 Å². The Morgan fingerprint density at radius 1 is 1.37 bits per heavy atom. The fourth-order valence-corrected chi connectivity index (χ4v) is 2.71. The molecule has 1 N–H and O–H groups in total. The molecule has 0 spiro atoms. The Labute approximate surface area is 114 Å². The minimum atomic E-state index is -0.911. The molecule has 2 rings (SSSR count). The lowest BCUT2D eigenvalue weighted by molar-refractivity contribution is -0.131. The second-order valence-electron chi connectivity index (χ2n) is 5.01. The van der Waals surface area contributed by atoms with Gasteiger partial charge in [-0.15, -0.1) is 0 Å². The molecule has 0 bridgehead atoms. The van der Waals surface area contributed by atoms with Gasteiger partial charge in [0, 0.05) is 24.4 Å². The first kappa shape index (κ1) is 13.7. The van der Waals surface area contributed by atoms with Crippen molar-refractivity contribution in [3.8, 4) is 0 Å². The third-order valence-electron chi connectivity index (χ3n) is 3.74. The van der Waals surface area contributed by atoms with Gasteiger partial charge in [-0.25, -0.2) is 4.79 Å². The van der Waals surface area contributed by atoms with E-state index in [1.165, 1.54) is 37.4 Å². The van der Waals surface area contributed by atoms with Crippen LogP contribution in [0, 0.1) is 0 Å². The van der Waals surface area contributed by atoms with Crippen LogP contribution in [0.2, 0.25) is 0 Å². The molecule has 1 aromatic rings. The first-order valence-corrected chi connectivity index (χ1v) is 6.98. The van der Waals surface area contributed by atoms with E-state index in [-0.39, 0.29) is 0 Å². The van der Waals surface area contributed by atoms with E-state index in [1.54, 1.807) is 6.08 Å². The van der Waals surface area contributed by atoms with Crippen LogP contribution < -0.4 is 4.90 Å². The highest BCUT2D eigenvalue weighted by Gasteiger charge is 2.20. The molecule has 0 aromatic heterocycles. The van der Waals surface area contributed by atoms with Crippen molar-refractivity contribution < 1.29 is 9.90 Å². The summed E-state index contributed by atoms with van der Waals surface area (Å²) in [6.45, 7) is 3.37. The highest BCUT2D eigenvalue weighted by molar-refractivity contribution is 5.85. The third-order valence-corrected chi connectivity index (χ3v) is 3.74. The molecule has 3 nitrogen and oxygen atoms in total. The van der Waals surface area contributed by atoms with Gasteiger partial charge in [0.15, 0.2) is 0 Å². The zero-order valence-corrected chi connectivity index (χ0v) is 11.4. The fraction of sp³-hybridized carbons (Fsp3) is 0.438. The van der Waals surface area contributed by atoms with E-state index in [1.807, 2.05) is 12.1 Å². The topological polar surface area (TPSA) is 40.5 Å². The van der Waals surface area contributed by atoms with Crippen molar-refractivity contribution >= 4 is 17.7 Å². The number of carbonyl (C=O) groups is 1. The number of aliphatic carboxylic acids is 1. The summed E-state index contributed by atoms with van der Waals surface area (Å²) in [4.78, 5) is 13.0. The highest BCUT2D eigenvalue weighted by Crippen LogP contribution is 2.26. The van der Waals surface area contributed by atoms with Gasteiger partial charge in [0.05, 0.1) is 0 Å². The first-order valence-electron chi connectivity index (χ1n) is 6.98. The van der Waals surface area contributed by atoms with Crippen LogP contribution in [-0.2, 0) is 4.79 Å². The predicted octanol–water partition coefficient (Wildman–Crippen LogP) is 3.55. The molecule has 0 saturated carbocycles. The highest BCUT2D eigenvalue weighted by atomic mass is 16.4. The number of hydrogen-bond acceptors (Lipinski definition) is 2. The van der Waals surface area contributed by atoms with Gasteiger partial charge in [-0.2, -0.15) is 0 Å². The van der Waals surface area contributed by atoms with Crippen molar-refractivity contribution in [1.29, 1.82) is 0 Å². The third kappa shape index (κ3) is 3.60. The van der Waals surface area contributed by atoms with Gasteiger partial charge in [0.2, 0.25) is 0 Å². The second kappa shape index (κ2) is 6.41. The molecule has 1 atom stereocenters. The summed E-state index contributed by atoms with van der Waals surface area (Å²) in [6.07, 6.45) is 7.84. The fourth-order valence-electron chi connectivity index (χ4n) is 2.71. The minimum Gasteiger partial charge on any atom is -0.478 e. The lowest BCUT2D eigenvalue weighted by Crippen LogP contribution is -2.39. The first-order chi connectivity index (χ1) is 9.20. The summed E-state index contributed by atoms with van der Waals surface area (Å²) >= 11 is 0. The Morgan fingerprint density at radius 2 is 2.11 bits per heavy atom. The Kier molecular flexibility index (Phi) is 4.61. The molecular weight excluding hydrogens is 238 g/mol. The molecule has 1 saturated heterocycles. The number of anilines is 1. The van der Waals surface area contributed by atoms with Crippen LogP contribution in [0.5, 0.6) is 0 Å². The Bertz CT molecular complexity index is 450. The maximum absolute atomic E-state index is 10.5. The van der Waals surface area contributed by atoms with E-state index in [4.69, 9.17) is 5.11 Å². The van der Waals surface area contributed by atoms with Crippen molar-refractivity contribution in [2.75, 3.05) is 11.4 Å². The summed E-state index contributed by atoms with van der Waals surface area (Å²) in [5.41, 5.74) is 2.18. The van der Waals surface area contributed by atoms with E-state index in [0.29, 0.717) is 6.04 Å². The quantitative estimate of drug-likeness (QED) is 0.841. The number of hydrogen-bond donors (Lipinski definition) is 1. The predicted molar refractivity (Wildman–Crippen MR) is 78.4 cm³/mol. The molecule has 1 fully saturated rings. The van der Waals surface area contributed by atoms with Gasteiger partial charge in [-0.3, -0.25) is 0 Å². The number of nitrogens with zero attached hydrogens (tertiary/aromatic N) is 1. The number of carboxylic acids is 1. The minimum absolute atomic E-state index is 0.647. The summed E-state index contributed by atoms with van der Waals surface area (Å²) in [7, 11) is 0. The lowest BCUT2D eigenvalue weighted by Gasteiger charge is -2.37. The summed E-state index contributed by atoms with van der Waals surface area (Å²) < 4.78 is 0. The van der Waals surface area contributed by atoms with E-state index < -0.39 is 5.97 Å². The summed E-state index contributed by atoms with van der Waals surface area (Å²) in [6, 6.07) is 8.80. The maximum Gasteiger partial charge on any atom is 0.328 e. The van der Waals surface area contributed by atoms with Crippen LogP contribution in [0.25, 0.3) is 6.08 Å². The SMILES string of the molecule is CCC1CCCCN1c1ccc(/C=C/C(=O)O)cc1. The molecule has 102 valence electrons. The Hall–Kier alpha value is -1.77. The molecule has 1 heterocycles. The Morgan fingerprint density at radius 3 is 2.74 bits per heavy atom. The molecule has 0 aliphatic carbocycles. The van der Waals surface area contributed by atoms with Crippen molar-refractivity contribution in [3.63, 3.8) is 0 Å². The molecule has 1 aromatic carbocycles. The van der Waals surface area contributed by atoms with Crippen LogP contribution in [-0.4, -0.2) is 23.7 Å². The van der Waals surface area contributed by atoms with Crippen LogP contribution >= 0.6 is 0 Å². The lowest BCUT2D eigenvalue weighted by atomic mass is 9.99. The van der Waals surface area contributed by atoms with Crippen LogP contribution in [0.1, 0.15) is 38.2 Å². The monoisotopic (exact) mass is 259 g/mol. The van der Waals surface area contributed by atoms with E-state index in [2.05, 4.69) is 24.0 Å². The van der Waals surface area contributed by atoms with Gasteiger partial charge in [0.1, 0.15) is 0 Å². The van der Waals surface area contributed by atoms with Gasteiger partial charge in [-0.05, 0) is 49.5 Å². The molecular formula is C16H21NO2. The largest absolute Gasteiger partial charge is 0.478 e. The molecule has 3 heteroatoms. The second-order valence-corrected chi connectivity index (χ2v) is 5.01. The van der Waals surface area contributed by atoms with E-state index in [9.17, 15) is 4.79 Å². The zero-order valence-electron chi connectivity index (χ0n) is 11.4. The average molecular weight is 259 g/mol. The standard InChI is InChI=1S/C16H21NO2/c1-2-14-5-3-4-12-17(14)15-9-6-13(7-10-15)8-11-16(18)19/h6-11,14H,2-5,12H2,1H3,(H,18,19)/b11-8+. The van der Waals surface area contributed by atoms with Crippen molar-refractivity contribution in [1.82, 2.24) is 0 Å². The van der Waals surface area contributed by atoms with E-state index in [0.717, 1.165) is 12.1 Å². The molecule has 0 radical (unpaired) electrons. The Balaban J connectivity index is 2.10.